The first-order chi connectivity index (χ1) is 8.54. The summed E-state index contributed by atoms with van der Waals surface area (Å²) in [6.07, 6.45) is -0.00101. The normalized spacial score (nSPS) is 14.8. The fraction of sp³-hybridized carbons (Fsp3) is 0.571. The molecule has 0 aliphatic carbocycles. The largest absolute Gasteiger partial charge is 0.396 e. The molecule has 1 aromatic carbocycles. The van der Waals surface area contributed by atoms with Crippen molar-refractivity contribution in [2.24, 2.45) is 5.92 Å². The highest BCUT2D eigenvalue weighted by atomic mass is 19.1. The van der Waals surface area contributed by atoms with Gasteiger partial charge in [-0.25, -0.2) is 4.39 Å². The van der Waals surface area contributed by atoms with Gasteiger partial charge in [-0.2, -0.15) is 0 Å². The average molecular weight is 255 g/mol. The predicted octanol–water partition coefficient (Wildman–Crippen LogP) is 1.86. The highest BCUT2D eigenvalue weighted by Gasteiger charge is 2.14. The van der Waals surface area contributed by atoms with Crippen molar-refractivity contribution >= 4 is 0 Å². The Morgan fingerprint density at radius 1 is 1.22 bits per heavy atom. The van der Waals surface area contributed by atoms with Crippen LogP contribution in [-0.4, -0.2) is 29.4 Å². The summed E-state index contributed by atoms with van der Waals surface area (Å²) in [6.45, 7) is 4.66. The molecule has 3 nitrogen and oxygen atoms in total. The lowest BCUT2D eigenvalue weighted by Gasteiger charge is -2.23. The number of aliphatic hydroxyl groups is 2. The Labute approximate surface area is 108 Å². The van der Waals surface area contributed by atoms with Crippen molar-refractivity contribution in [3.63, 3.8) is 0 Å². The van der Waals surface area contributed by atoms with Gasteiger partial charge < -0.3 is 15.5 Å². The zero-order chi connectivity index (χ0) is 13.5. The minimum Gasteiger partial charge on any atom is -0.396 e. The lowest BCUT2D eigenvalue weighted by atomic mass is 10.0. The van der Waals surface area contributed by atoms with E-state index in [9.17, 15) is 9.50 Å². The van der Waals surface area contributed by atoms with Crippen LogP contribution in [0.2, 0.25) is 0 Å². The monoisotopic (exact) mass is 255 g/mol. The average Bonchev–Trinajstić information content (AvgIpc) is 2.34. The summed E-state index contributed by atoms with van der Waals surface area (Å²) in [7, 11) is 0. The second kappa shape index (κ2) is 7.46. The van der Waals surface area contributed by atoms with E-state index in [1.807, 2.05) is 0 Å². The number of rotatable bonds is 7. The Balaban J connectivity index is 2.48. The molecule has 0 heterocycles. The molecule has 0 aliphatic rings. The topological polar surface area (TPSA) is 52.5 Å². The fourth-order valence-electron chi connectivity index (χ4n) is 1.88. The molecule has 0 bridgehead atoms. The van der Waals surface area contributed by atoms with Gasteiger partial charge in [-0.05, 0) is 30.0 Å². The number of hydrogen-bond acceptors (Lipinski definition) is 3. The van der Waals surface area contributed by atoms with E-state index in [4.69, 9.17) is 5.11 Å². The molecule has 4 heteroatoms. The number of nitrogens with one attached hydrogen (secondary N) is 1. The van der Waals surface area contributed by atoms with Gasteiger partial charge in [0, 0.05) is 19.2 Å². The molecule has 0 spiro atoms. The second-order valence-electron chi connectivity index (χ2n) is 4.84. The van der Waals surface area contributed by atoms with E-state index in [2.05, 4.69) is 19.2 Å². The van der Waals surface area contributed by atoms with Gasteiger partial charge in [0.05, 0.1) is 6.10 Å². The molecule has 0 saturated carbocycles. The highest BCUT2D eigenvalue weighted by molar-refractivity contribution is 5.18. The summed E-state index contributed by atoms with van der Waals surface area (Å²) >= 11 is 0. The van der Waals surface area contributed by atoms with Crippen LogP contribution in [0.5, 0.6) is 0 Å². The zero-order valence-electron chi connectivity index (χ0n) is 10.9. The summed E-state index contributed by atoms with van der Waals surface area (Å²) in [4.78, 5) is 0. The van der Waals surface area contributed by atoms with Crippen LogP contribution in [0.25, 0.3) is 0 Å². The lowest BCUT2D eigenvalue weighted by molar-refractivity contribution is 0.159. The van der Waals surface area contributed by atoms with Crippen molar-refractivity contribution in [3.05, 3.63) is 35.6 Å². The van der Waals surface area contributed by atoms with Crippen LogP contribution >= 0.6 is 0 Å². The maximum absolute atomic E-state index is 12.7. The molecule has 0 fully saturated rings. The minimum absolute atomic E-state index is 0.127. The molecule has 1 aromatic rings. The van der Waals surface area contributed by atoms with Gasteiger partial charge in [-0.3, -0.25) is 0 Å². The predicted molar refractivity (Wildman–Crippen MR) is 69.7 cm³/mol. The van der Waals surface area contributed by atoms with Crippen molar-refractivity contribution in [1.29, 1.82) is 0 Å². The van der Waals surface area contributed by atoms with E-state index >= 15 is 0 Å². The van der Waals surface area contributed by atoms with Gasteiger partial charge >= 0.3 is 0 Å². The first-order valence-electron chi connectivity index (χ1n) is 6.32. The van der Waals surface area contributed by atoms with Gasteiger partial charge in [0.15, 0.2) is 0 Å². The molecular weight excluding hydrogens is 233 g/mol. The third-order valence-corrected chi connectivity index (χ3v) is 3.07. The van der Waals surface area contributed by atoms with Crippen LogP contribution in [0.4, 0.5) is 4.39 Å². The molecule has 18 heavy (non-hydrogen) atoms. The van der Waals surface area contributed by atoms with Crippen molar-refractivity contribution in [1.82, 2.24) is 5.32 Å². The Morgan fingerprint density at radius 3 is 2.33 bits per heavy atom. The molecular formula is C14H22FNO2. The molecule has 0 aliphatic heterocycles. The number of halogens is 1. The Hall–Kier alpha value is -0.970. The zero-order valence-corrected chi connectivity index (χ0v) is 10.9. The summed E-state index contributed by atoms with van der Waals surface area (Å²) in [5, 5.41) is 22.1. The lowest BCUT2D eigenvalue weighted by Crippen LogP contribution is -2.37. The van der Waals surface area contributed by atoms with Crippen LogP contribution < -0.4 is 5.32 Å². The summed E-state index contributed by atoms with van der Waals surface area (Å²) in [5.41, 5.74) is 0.690. The van der Waals surface area contributed by atoms with Gasteiger partial charge in [-0.1, -0.05) is 26.0 Å². The number of benzene rings is 1. The highest BCUT2D eigenvalue weighted by Crippen LogP contribution is 2.14. The van der Waals surface area contributed by atoms with Crippen LogP contribution in [-0.2, 0) is 0 Å². The minimum atomic E-state index is -0.662. The van der Waals surface area contributed by atoms with E-state index in [1.54, 1.807) is 12.1 Å². The third kappa shape index (κ3) is 4.72. The molecule has 3 N–H and O–H groups in total. The summed E-state index contributed by atoms with van der Waals surface area (Å²) in [5.74, 6) is 0.0804. The summed E-state index contributed by atoms with van der Waals surface area (Å²) < 4.78 is 12.7. The standard InChI is InChI=1S/C14H22FNO2/c1-10(2)13(7-8-17)16-9-14(18)11-3-5-12(15)6-4-11/h3-6,10,13-14,16-18H,7-9H2,1-2H3. The van der Waals surface area contributed by atoms with Crippen molar-refractivity contribution in [2.75, 3.05) is 13.2 Å². The quantitative estimate of drug-likeness (QED) is 0.697. The molecule has 0 amide bonds. The van der Waals surface area contributed by atoms with Crippen LogP contribution in [0, 0.1) is 11.7 Å². The maximum Gasteiger partial charge on any atom is 0.123 e. The molecule has 2 unspecified atom stereocenters. The number of hydrogen-bond donors (Lipinski definition) is 3. The van der Waals surface area contributed by atoms with Gasteiger partial charge in [0.2, 0.25) is 0 Å². The molecule has 0 radical (unpaired) electrons. The Morgan fingerprint density at radius 2 is 1.83 bits per heavy atom. The van der Waals surface area contributed by atoms with E-state index in [-0.39, 0.29) is 18.5 Å². The van der Waals surface area contributed by atoms with Crippen molar-refractivity contribution in [3.8, 4) is 0 Å². The van der Waals surface area contributed by atoms with Crippen molar-refractivity contribution < 1.29 is 14.6 Å². The van der Waals surface area contributed by atoms with Crippen LogP contribution in [0.1, 0.15) is 31.9 Å². The first-order valence-corrected chi connectivity index (χ1v) is 6.32. The van der Waals surface area contributed by atoms with Gasteiger partial charge in [0.1, 0.15) is 5.82 Å². The Bertz CT molecular complexity index is 340. The smallest absolute Gasteiger partial charge is 0.123 e. The second-order valence-corrected chi connectivity index (χ2v) is 4.84. The Kier molecular flexibility index (Phi) is 6.25. The molecule has 102 valence electrons. The summed E-state index contributed by atoms with van der Waals surface area (Å²) in [6, 6.07) is 6.01. The SMILES string of the molecule is CC(C)C(CCO)NCC(O)c1ccc(F)cc1. The number of aliphatic hydroxyl groups excluding tert-OH is 2. The van der Waals surface area contributed by atoms with Gasteiger partial charge in [0.25, 0.3) is 0 Å². The molecule has 1 rings (SSSR count). The molecule has 0 saturated heterocycles. The fourth-order valence-corrected chi connectivity index (χ4v) is 1.88. The third-order valence-electron chi connectivity index (χ3n) is 3.07. The maximum atomic E-state index is 12.7. The van der Waals surface area contributed by atoms with E-state index in [0.29, 0.717) is 24.4 Å². The van der Waals surface area contributed by atoms with E-state index in [1.165, 1.54) is 12.1 Å². The molecule has 2 atom stereocenters. The first kappa shape index (κ1) is 15.1. The molecule has 0 aromatic heterocycles. The van der Waals surface area contributed by atoms with Gasteiger partial charge in [-0.15, -0.1) is 0 Å². The van der Waals surface area contributed by atoms with Crippen molar-refractivity contribution in [2.45, 2.75) is 32.4 Å². The van der Waals surface area contributed by atoms with E-state index < -0.39 is 6.10 Å². The van der Waals surface area contributed by atoms with E-state index in [0.717, 1.165) is 0 Å². The van der Waals surface area contributed by atoms with Crippen LogP contribution in [0.3, 0.4) is 0 Å². The van der Waals surface area contributed by atoms with Crippen LogP contribution in [0.15, 0.2) is 24.3 Å².